The molecule has 0 aliphatic carbocycles. The van der Waals surface area contributed by atoms with E-state index in [0.717, 1.165) is 13.0 Å². The summed E-state index contributed by atoms with van der Waals surface area (Å²) in [6.07, 6.45) is 5.97. The molecular weight excluding hydrogens is 246 g/mol. The predicted octanol–water partition coefficient (Wildman–Crippen LogP) is 1.33. The maximum Gasteiger partial charge on any atom is 0.250 e. The number of aryl methyl sites for hydroxylation is 1. The highest BCUT2D eigenvalue weighted by molar-refractivity contribution is 5.76. The zero-order valence-electron chi connectivity index (χ0n) is 10.4. The number of aromatic nitrogens is 6. The van der Waals surface area contributed by atoms with Gasteiger partial charge in [0.15, 0.2) is 11.4 Å². The minimum Gasteiger partial charge on any atom is -0.434 e. The minimum absolute atomic E-state index is 0.121. The van der Waals surface area contributed by atoms with Crippen molar-refractivity contribution in [2.75, 3.05) is 5.73 Å². The van der Waals surface area contributed by atoms with Crippen molar-refractivity contribution in [1.82, 2.24) is 29.7 Å². The molecule has 3 heterocycles. The van der Waals surface area contributed by atoms with Gasteiger partial charge in [0.1, 0.15) is 5.52 Å². The normalized spacial score (nSPS) is 11.0. The number of rotatable bonds is 4. The van der Waals surface area contributed by atoms with E-state index in [0.29, 0.717) is 22.8 Å². The second-order valence-electron chi connectivity index (χ2n) is 4.03. The molecule has 3 N–H and O–H groups in total. The monoisotopic (exact) mass is 259 g/mol. The van der Waals surface area contributed by atoms with Crippen molar-refractivity contribution in [3.8, 4) is 11.6 Å². The summed E-state index contributed by atoms with van der Waals surface area (Å²) in [5.74, 6) is 1.06. The first-order valence-electron chi connectivity index (χ1n) is 5.93. The van der Waals surface area contributed by atoms with Crippen LogP contribution in [0, 0.1) is 0 Å². The quantitative estimate of drug-likeness (QED) is 0.731. The van der Waals surface area contributed by atoms with Crippen molar-refractivity contribution in [3.05, 3.63) is 18.7 Å². The van der Waals surface area contributed by atoms with E-state index in [4.69, 9.17) is 10.5 Å². The average Bonchev–Trinajstić information content (AvgIpc) is 2.98. The van der Waals surface area contributed by atoms with E-state index in [2.05, 4.69) is 32.0 Å². The summed E-state index contributed by atoms with van der Waals surface area (Å²) >= 11 is 0. The van der Waals surface area contributed by atoms with Crippen LogP contribution in [0.4, 0.5) is 5.95 Å². The maximum atomic E-state index is 5.67. The second kappa shape index (κ2) is 4.56. The molecule has 0 aliphatic rings. The van der Waals surface area contributed by atoms with Crippen LogP contribution < -0.4 is 10.5 Å². The molecule has 0 radical (unpaired) electrons. The van der Waals surface area contributed by atoms with Crippen molar-refractivity contribution in [2.45, 2.75) is 19.9 Å². The Labute approximate surface area is 108 Å². The number of hydrogen-bond acceptors (Lipinski definition) is 6. The molecule has 0 aromatic carbocycles. The summed E-state index contributed by atoms with van der Waals surface area (Å²) in [7, 11) is 0. The summed E-state index contributed by atoms with van der Waals surface area (Å²) in [6.45, 7) is 2.93. The van der Waals surface area contributed by atoms with Crippen molar-refractivity contribution in [3.63, 3.8) is 0 Å². The van der Waals surface area contributed by atoms with Crippen LogP contribution in [-0.4, -0.2) is 29.7 Å². The second-order valence-corrected chi connectivity index (χ2v) is 4.03. The number of nitrogen functional groups attached to an aromatic ring is 1. The highest BCUT2D eigenvalue weighted by Crippen LogP contribution is 2.25. The molecule has 98 valence electrons. The van der Waals surface area contributed by atoms with E-state index >= 15 is 0 Å². The summed E-state index contributed by atoms with van der Waals surface area (Å²) < 4.78 is 7.48. The summed E-state index contributed by atoms with van der Waals surface area (Å²) in [5, 5.41) is 4.18. The number of nitrogens with one attached hydrogen (secondary N) is 1. The fourth-order valence-electron chi connectivity index (χ4n) is 1.76. The molecule has 19 heavy (non-hydrogen) atoms. The van der Waals surface area contributed by atoms with E-state index in [1.807, 2.05) is 10.9 Å². The molecule has 0 bridgehead atoms. The third-order valence-electron chi connectivity index (χ3n) is 2.55. The molecule has 0 amide bonds. The summed E-state index contributed by atoms with van der Waals surface area (Å²) in [6, 6.07) is 0. The van der Waals surface area contributed by atoms with Gasteiger partial charge in [-0.3, -0.25) is 4.68 Å². The number of fused-ring (bicyclic) bond motifs is 1. The zero-order valence-corrected chi connectivity index (χ0v) is 10.4. The summed E-state index contributed by atoms with van der Waals surface area (Å²) in [5.41, 5.74) is 6.70. The lowest BCUT2D eigenvalue weighted by Gasteiger charge is -2.03. The summed E-state index contributed by atoms with van der Waals surface area (Å²) in [4.78, 5) is 15.0. The van der Waals surface area contributed by atoms with E-state index in [-0.39, 0.29) is 5.95 Å². The number of aromatic amines is 1. The topological polar surface area (TPSA) is 108 Å². The Balaban J connectivity index is 1.93. The van der Waals surface area contributed by atoms with Crippen LogP contribution in [0.3, 0.4) is 0 Å². The van der Waals surface area contributed by atoms with Crippen molar-refractivity contribution >= 4 is 17.1 Å². The number of nitrogens with two attached hydrogens (primary N) is 1. The zero-order chi connectivity index (χ0) is 13.2. The van der Waals surface area contributed by atoms with Crippen LogP contribution in [0.25, 0.3) is 11.2 Å². The lowest BCUT2D eigenvalue weighted by Crippen LogP contribution is -1.98. The van der Waals surface area contributed by atoms with Crippen LogP contribution in [0.15, 0.2) is 18.7 Å². The Morgan fingerprint density at radius 1 is 1.42 bits per heavy atom. The predicted molar refractivity (Wildman–Crippen MR) is 68.7 cm³/mol. The maximum absolute atomic E-state index is 5.67. The number of hydrogen-bond donors (Lipinski definition) is 2. The Morgan fingerprint density at radius 2 is 2.32 bits per heavy atom. The van der Waals surface area contributed by atoms with Crippen LogP contribution in [0.1, 0.15) is 13.3 Å². The van der Waals surface area contributed by atoms with Crippen molar-refractivity contribution in [1.29, 1.82) is 0 Å². The molecule has 8 nitrogen and oxygen atoms in total. The molecule has 0 spiro atoms. The molecule has 0 fully saturated rings. The Kier molecular flexibility index (Phi) is 2.75. The fraction of sp³-hybridized carbons (Fsp3) is 0.273. The third-order valence-corrected chi connectivity index (χ3v) is 2.55. The smallest absolute Gasteiger partial charge is 0.250 e. The van der Waals surface area contributed by atoms with E-state index in [1.165, 1.54) is 6.33 Å². The molecule has 8 heteroatoms. The van der Waals surface area contributed by atoms with Gasteiger partial charge in [0.2, 0.25) is 5.95 Å². The Bertz CT molecular complexity index is 702. The lowest BCUT2D eigenvalue weighted by atomic mass is 10.5. The van der Waals surface area contributed by atoms with Crippen LogP contribution in [0.2, 0.25) is 0 Å². The van der Waals surface area contributed by atoms with Crippen LogP contribution in [0.5, 0.6) is 11.6 Å². The molecule has 3 aromatic rings. The highest BCUT2D eigenvalue weighted by atomic mass is 16.5. The lowest BCUT2D eigenvalue weighted by molar-refractivity contribution is 0.466. The van der Waals surface area contributed by atoms with E-state index in [1.54, 1.807) is 6.20 Å². The molecule has 0 saturated heterocycles. The first-order chi connectivity index (χ1) is 9.26. The number of imidazole rings is 1. The van der Waals surface area contributed by atoms with Gasteiger partial charge in [0, 0.05) is 6.54 Å². The average molecular weight is 259 g/mol. The van der Waals surface area contributed by atoms with E-state index in [9.17, 15) is 0 Å². The minimum atomic E-state index is 0.121. The Hall–Kier alpha value is -2.64. The van der Waals surface area contributed by atoms with Gasteiger partial charge in [0.25, 0.3) is 5.88 Å². The van der Waals surface area contributed by atoms with Gasteiger partial charge in [-0.25, -0.2) is 4.98 Å². The number of ether oxygens (including phenoxy) is 1. The molecular formula is C11H13N7O. The third kappa shape index (κ3) is 2.19. The van der Waals surface area contributed by atoms with Crippen LogP contribution in [-0.2, 0) is 6.54 Å². The number of H-pyrrole nitrogens is 1. The van der Waals surface area contributed by atoms with Gasteiger partial charge in [-0.05, 0) is 6.42 Å². The SMILES string of the molecule is CCCn1cc(Oc2nc(N)nc3nc[nH]c23)cn1. The molecule has 0 unspecified atom stereocenters. The van der Waals surface area contributed by atoms with Gasteiger partial charge < -0.3 is 15.5 Å². The Morgan fingerprint density at radius 3 is 3.16 bits per heavy atom. The van der Waals surface area contributed by atoms with Crippen LogP contribution >= 0.6 is 0 Å². The highest BCUT2D eigenvalue weighted by Gasteiger charge is 2.11. The largest absolute Gasteiger partial charge is 0.434 e. The van der Waals surface area contributed by atoms with E-state index < -0.39 is 0 Å². The van der Waals surface area contributed by atoms with Gasteiger partial charge in [0.05, 0.1) is 18.7 Å². The first-order valence-corrected chi connectivity index (χ1v) is 5.93. The molecule has 0 aliphatic heterocycles. The molecule has 0 saturated carbocycles. The molecule has 3 rings (SSSR count). The van der Waals surface area contributed by atoms with Gasteiger partial charge in [-0.2, -0.15) is 15.1 Å². The standard InChI is InChI=1S/C11H13N7O/c1-2-3-18-5-7(4-15-18)19-10-8-9(14-6-13-8)16-11(12)17-10/h4-6H,2-3H2,1H3,(H3,12,13,14,16,17). The van der Waals surface area contributed by atoms with Gasteiger partial charge in [-0.15, -0.1) is 0 Å². The van der Waals surface area contributed by atoms with Crippen molar-refractivity contribution < 1.29 is 4.74 Å². The fourth-order valence-corrected chi connectivity index (χ4v) is 1.76. The van der Waals surface area contributed by atoms with Gasteiger partial charge in [-0.1, -0.05) is 6.92 Å². The number of anilines is 1. The molecule has 3 aromatic heterocycles. The molecule has 0 atom stereocenters. The van der Waals surface area contributed by atoms with Gasteiger partial charge >= 0.3 is 0 Å². The first kappa shape index (κ1) is 11.5. The number of nitrogens with zero attached hydrogens (tertiary/aromatic N) is 5. The van der Waals surface area contributed by atoms with Crippen molar-refractivity contribution in [2.24, 2.45) is 0 Å².